The number of carbonyl (C=O) groups is 1. The van der Waals surface area contributed by atoms with Crippen molar-refractivity contribution < 1.29 is 9.53 Å². The van der Waals surface area contributed by atoms with Crippen LogP contribution >= 0.6 is 0 Å². The van der Waals surface area contributed by atoms with Gasteiger partial charge in [-0.1, -0.05) is 30.3 Å². The second-order valence-corrected chi connectivity index (χ2v) is 6.02. The van der Waals surface area contributed by atoms with Crippen molar-refractivity contribution in [1.29, 1.82) is 0 Å². The Labute approximate surface area is 146 Å². The van der Waals surface area contributed by atoms with Crippen LogP contribution in [0, 0.1) is 0 Å². The van der Waals surface area contributed by atoms with Gasteiger partial charge in [-0.15, -0.1) is 0 Å². The number of carbonyl (C=O) groups excluding carboxylic acids is 1. The van der Waals surface area contributed by atoms with Crippen molar-refractivity contribution in [3.8, 4) is 5.69 Å². The fourth-order valence-electron chi connectivity index (χ4n) is 3.06. The van der Waals surface area contributed by atoms with Gasteiger partial charge in [0.1, 0.15) is 6.10 Å². The molecule has 0 bridgehead atoms. The van der Waals surface area contributed by atoms with E-state index in [9.17, 15) is 4.79 Å². The van der Waals surface area contributed by atoms with E-state index in [1.54, 1.807) is 10.9 Å². The third-order valence-corrected chi connectivity index (χ3v) is 4.41. The van der Waals surface area contributed by atoms with E-state index in [0.717, 1.165) is 11.3 Å². The first-order chi connectivity index (χ1) is 12.3. The number of hydrogen-bond donors (Lipinski definition) is 0. The minimum Gasteiger partial charge on any atom is -0.370 e. The lowest BCUT2D eigenvalue weighted by molar-refractivity contribution is -0.0228. The molecule has 1 atom stereocenters. The van der Waals surface area contributed by atoms with Crippen LogP contribution in [-0.2, 0) is 4.74 Å². The first kappa shape index (κ1) is 15.6. The van der Waals surface area contributed by atoms with E-state index in [4.69, 9.17) is 4.74 Å². The van der Waals surface area contributed by atoms with Gasteiger partial charge in [-0.3, -0.25) is 4.79 Å². The van der Waals surface area contributed by atoms with Gasteiger partial charge >= 0.3 is 0 Å². The Morgan fingerprint density at radius 3 is 2.56 bits per heavy atom. The number of amides is 1. The summed E-state index contributed by atoms with van der Waals surface area (Å²) in [5.74, 6) is 0.0382. The lowest BCUT2D eigenvalue weighted by atomic mass is 10.1. The summed E-state index contributed by atoms with van der Waals surface area (Å²) < 4.78 is 7.62. The monoisotopic (exact) mass is 333 g/mol. The van der Waals surface area contributed by atoms with Crippen molar-refractivity contribution in [2.75, 3.05) is 19.7 Å². The largest absolute Gasteiger partial charge is 0.370 e. The number of benzene rings is 2. The first-order valence-electron chi connectivity index (χ1n) is 8.37. The van der Waals surface area contributed by atoms with Crippen LogP contribution < -0.4 is 0 Å². The molecule has 0 radical (unpaired) electrons. The summed E-state index contributed by atoms with van der Waals surface area (Å²) in [5, 5.41) is 4.20. The Balaban J connectivity index is 1.48. The molecule has 0 unspecified atom stereocenters. The molecule has 0 saturated carbocycles. The van der Waals surface area contributed by atoms with Gasteiger partial charge in [0.25, 0.3) is 5.91 Å². The Morgan fingerprint density at radius 1 is 1.04 bits per heavy atom. The molecule has 2 heterocycles. The summed E-state index contributed by atoms with van der Waals surface area (Å²) in [6.45, 7) is 1.74. The molecule has 1 aliphatic heterocycles. The normalized spacial score (nSPS) is 17.4. The summed E-state index contributed by atoms with van der Waals surface area (Å²) in [6, 6.07) is 19.5. The highest BCUT2D eigenvalue weighted by Crippen LogP contribution is 2.23. The molecule has 5 heteroatoms. The zero-order valence-corrected chi connectivity index (χ0v) is 13.8. The number of aromatic nitrogens is 2. The number of nitrogens with zero attached hydrogens (tertiary/aromatic N) is 3. The Bertz CT molecular complexity index is 829. The van der Waals surface area contributed by atoms with Crippen LogP contribution in [0.25, 0.3) is 5.69 Å². The average molecular weight is 333 g/mol. The van der Waals surface area contributed by atoms with Crippen molar-refractivity contribution in [3.63, 3.8) is 0 Å². The molecule has 0 aliphatic carbocycles. The fraction of sp³-hybridized carbons (Fsp3) is 0.200. The quantitative estimate of drug-likeness (QED) is 0.740. The van der Waals surface area contributed by atoms with Crippen molar-refractivity contribution in [1.82, 2.24) is 14.7 Å². The minimum atomic E-state index is -0.0674. The molecule has 3 aromatic rings. The molecular formula is C20H19N3O2. The molecule has 1 amide bonds. The van der Waals surface area contributed by atoms with Crippen LogP contribution in [0.15, 0.2) is 73.1 Å². The summed E-state index contributed by atoms with van der Waals surface area (Å²) >= 11 is 0. The van der Waals surface area contributed by atoms with E-state index in [1.165, 1.54) is 0 Å². The lowest BCUT2D eigenvalue weighted by Gasteiger charge is -2.33. The van der Waals surface area contributed by atoms with Gasteiger partial charge < -0.3 is 9.64 Å². The maximum absolute atomic E-state index is 12.8. The van der Waals surface area contributed by atoms with E-state index >= 15 is 0 Å². The maximum Gasteiger partial charge on any atom is 0.254 e. The van der Waals surface area contributed by atoms with Gasteiger partial charge in [0.05, 0.1) is 18.8 Å². The predicted octanol–water partition coefficient (Wildman–Crippen LogP) is 3.09. The van der Waals surface area contributed by atoms with Gasteiger partial charge in [0, 0.05) is 24.5 Å². The van der Waals surface area contributed by atoms with Crippen LogP contribution in [0.2, 0.25) is 0 Å². The number of ether oxygens (including phenoxy) is 1. The van der Waals surface area contributed by atoms with E-state index < -0.39 is 0 Å². The SMILES string of the molecule is O=C(c1ccc(-n2cccn2)cc1)N1CCO[C@H](c2ccccc2)C1. The second-order valence-electron chi connectivity index (χ2n) is 6.02. The van der Waals surface area contributed by atoms with Gasteiger partial charge in [0.15, 0.2) is 0 Å². The molecule has 25 heavy (non-hydrogen) atoms. The molecule has 0 N–H and O–H groups in total. The average Bonchev–Trinajstić information content (AvgIpc) is 3.23. The zero-order chi connectivity index (χ0) is 17.1. The van der Waals surface area contributed by atoms with Crippen LogP contribution in [0.5, 0.6) is 0 Å². The Kier molecular flexibility index (Phi) is 4.31. The third kappa shape index (κ3) is 3.32. The van der Waals surface area contributed by atoms with Crippen LogP contribution in [0.4, 0.5) is 0 Å². The van der Waals surface area contributed by atoms with Crippen molar-refractivity contribution in [2.24, 2.45) is 0 Å². The number of morpholine rings is 1. The molecule has 5 nitrogen and oxygen atoms in total. The smallest absolute Gasteiger partial charge is 0.254 e. The topological polar surface area (TPSA) is 47.4 Å². The van der Waals surface area contributed by atoms with Crippen LogP contribution in [0.3, 0.4) is 0 Å². The number of hydrogen-bond acceptors (Lipinski definition) is 3. The summed E-state index contributed by atoms with van der Waals surface area (Å²) in [5.41, 5.74) is 2.73. The molecule has 0 spiro atoms. The molecular weight excluding hydrogens is 314 g/mol. The minimum absolute atomic E-state index is 0.0382. The van der Waals surface area contributed by atoms with E-state index in [2.05, 4.69) is 5.10 Å². The molecule has 4 rings (SSSR count). The molecule has 1 aromatic heterocycles. The zero-order valence-electron chi connectivity index (χ0n) is 13.8. The van der Waals surface area contributed by atoms with Gasteiger partial charge in [0.2, 0.25) is 0 Å². The predicted molar refractivity (Wildman–Crippen MR) is 94.6 cm³/mol. The van der Waals surface area contributed by atoms with Crippen molar-refractivity contribution in [2.45, 2.75) is 6.10 Å². The van der Waals surface area contributed by atoms with E-state index in [0.29, 0.717) is 25.3 Å². The lowest BCUT2D eigenvalue weighted by Crippen LogP contribution is -2.42. The van der Waals surface area contributed by atoms with Gasteiger partial charge in [-0.25, -0.2) is 4.68 Å². The molecule has 2 aromatic carbocycles. The van der Waals surface area contributed by atoms with E-state index in [1.807, 2.05) is 71.8 Å². The highest BCUT2D eigenvalue weighted by atomic mass is 16.5. The fourth-order valence-corrected chi connectivity index (χ4v) is 3.06. The van der Waals surface area contributed by atoms with Gasteiger partial charge in [-0.2, -0.15) is 5.10 Å². The molecule has 1 fully saturated rings. The molecule has 126 valence electrons. The Morgan fingerprint density at radius 2 is 1.84 bits per heavy atom. The van der Waals surface area contributed by atoms with E-state index in [-0.39, 0.29) is 12.0 Å². The molecule has 1 saturated heterocycles. The second kappa shape index (κ2) is 6.91. The van der Waals surface area contributed by atoms with Gasteiger partial charge in [-0.05, 0) is 35.9 Å². The highest BCUT2D eigenvalue weighted by molar-refractivity contribution is 5.94. The molecule has 1 aliphatic rings. The summed E-state index contributed by atoms with van der Waals surface area (Å²) in [4.78, 5) is 14.7. The Hall–Kier alpha value is -2.92. The summed E-state index contributed by atoms with van der Waals surface area (Å²) in [7, 11) is 0. The van der Waals surface area contributed by atoms with Crippen LogP contribution in [0.1, 0.15) is 22.0 Å². The highest BCUT2D eigenvalue weighted by Gasteiger charge is 2.26. The maximum atomic E-state index is 12.8. The summed E-state index contributed by atoms with van der Waals surface area (Å²) in [6.07, 6.45) is 3.54. The van der Waals surface area contributed by atoms with Crippen molar-refractivity contribution in [3.05, 3.63) is 84.2 Å². The standard InChI is InChI=1S/C20H19N3O2/c24-20(17-7-9-18(10-8-17)23-12-4-11-21-23)22-13-14-25-19(15-22)16-5-2-1-3-6-16/h1-12,19H,13-15H2/t19-/m0/s1. The van der Waals surface area contributed by atoms with Crippen molar-refractivity contribution >= 4 is 5.91 Å². The third-order valence-electron chi connectivity index (χ3n) is 4.41. The van der Waals surface area contributed by atoms with Crippen LogP contribution in [-0.4, -0.2) is 40.3 Å². The number of rotatable bonds is 3. The first-order valence-corrected chi connectivity index (χ1v) is 8.37.